The van der Waals surface area contributed by atoms with Gasteiger partial charge in [0.15, 0.2) is 0 Å². The first kappa shape index (κ1) is 16.2. The van der Waals surface area contributed by atoms with Gasteiger partial charge in [-0.2, -0.15) is 0 Å². The van der Waals surface area contributed by atoms with Gasteiger partial charge in [-0.15, -0.1) is 11.3 Å². The normalized spacial score (nSPS) is 17.1. The van der Waals surface area contributed by atoms with Crippen LogP contribution in [-0.2, 0) is 4.74 Å². The van der Waals surface area contributed by atoms with Crippen molar-refractivity contribution in [2.45, 2.75) is 19.9 Å². The van der Waals surface area contributed by atoms with E-state index in [2.05, 4.69) is 15.2 Å². The molecular weight excluding hydrogens is 314 g/mol. The zero-order chi connectivity index (χ0) is 16.2. The van der Waals surface area contributed by atoms with Crippen LogP contribution in [0.15, 0.2) is 22.8 Å². The van der Waals surface area contributed by atoms with Crippen LogP contribution in [0.5, 0.6) is 0 Å². The first-order valence-electron chi connectivity index (χ1n) is 7.72. The number of thiazole rings is 1. The molecule has 1 unspecified atom stereocenters. The van der Waals surface area contributed by atoms with Crippen molar-refractivity contribution in [3.8, 4) is 0 Å². The summed E-state index contributed by atoms with van der Waals surface area (Å²) in [5.74, 6) is 0.794. The number of furan rings is 1. The molecule has 3 rings (SSSR count). The predicted molar refractivity (Wildman–Crippen MR) is 87.8 cm³/mol. The fraction of sp³-hybridized carbons (Fsp3) is 0.500. The maximum atomic E-state index is 12.4. The molecule has 23 heavy (non-hydrogen) atoms. The smallest absolute Gasteiger partial charge is 0.263 e. The van der Waals surface area contributed by atoms with Crippen molar-refractivity contribution in [1.82, 2.24) is 15.2 Å². The molecule has 0 saturated carbocycles. The molecule has 1 aliphatic rings. The minimum atomic E-state index is -0.0714. The highest BCUT2D eigenvalue weighted by Crippen LogP contribution is 2.22. The lowest BCUT2D eigenvalue weighted by Gasteiger charge is -2.33. The molecule has 3 heterocycles. The first-order valence-corrected chi connectivity index (χ1v) is 8.54. The monoisotopic (exact) mass is 335 g/mol. The summed E-state index contributed by atoms with van der Waals surface area (Å²) in [7, 11) is 0. The number of aryl methyl sites for hydroxylation is 2. The fourth-order valence-electron chi connectivity index (χ4n) is 2.79. The van der Waals surface area contributed by atoms with Crippen LogP contribution in [0.2, 0.25) is 0 Å². The van der Waals surface area contributed by atoms with E-state index in [1.54, 1.807) is 6.26 Å². The Bertz CT molecular complexity index is 648. The number of carbonyl (C=O) groups is 1. The zero-order valence-corrected chi connectivity index (χ0v) is 14.2. The summed E-state index contributed by atoms with van der Waals surface area (Å²) in [5.41, 5.74) is 0.783. The number of nitrogens with one attached hydrogen (secondary N) is 1. The third-order valence-electron chi connectivity index (χ3n) is 3.92. The van der Waals surface area contributed by atoms with Crippen LogP contribution >= 0.6 is 11.3 Å². The van der Waals surface area contributed by atoms with Crippen LogP contribution in [0.4, 0.5) is 0 Å². The zero-order valence-electron chi connectivity index (χ0n) is 13.4. The topological polar surface area (TPSA) is 67.6 Å². The Morgan fingerprint density at radius 2 is 2.22 bits per heavy atom. The van der Waals surface area contributed by atoms with E-state index < -0.39 is 0 Å². The van der Waals surface area contributed by atoms with E-state index in [1.165, 1.54) is 11.3 Å². The Balaban J connectivity index is 1.69. The van der Waals surface area contributed by atoms with Gasteiger partial charge >= 0.3 is 0 Å². The highest BCUT2D eigenvalue weighted by Gasteiger charge is 2.26. The SMILES string of the molecule is Cc1nc(C)c(C(=O)NCC(c2ccco2)N2CCOCC2)s1. The molecule has 6 nitrogen and oxygen atoms in total. The number of hydrogen-bond acceptors (Lipinski definition) is 6. The second kappa shape index (κ2) is 7.25. The minimum Gasteiger partial charge on any atom is -0.468 e. The molecule has 1 aliphatic heterocycles. The maximum absolute atomic E-state index is 12.4. The highest BCUT2D eigenvalue weighted by molar-refractivity contribution is 7.13. The molecule has 0 aliphatic carbocycles. The van der Waals surface area contributed by atoms with E-state index in [4.69, 9.17) is 9.15 Å². The summed E-state index contributed by atoms with van der Waals surface area (Å²) in [6, 6.07) is 3.85. The van der Waals surface area contributed by atoms with Crippen LogP contribution < -0.4 is 5.32 Å². The van der Waals surface area contributed by atoms with Crippen molar-refractivity contribution in [3.63, 3.8) is 0 Å². The Morgan fingerprint density at radius 3 is 2.83 bits per heavy atom. The van der Waals surface area contributed by atoms with Gasteiger partial charge in [-0.1, -0.05) is 0 Å². The van der Waals surface area contributed by atoms with E-state index in [0.29, 0.717) is 24.6 Å². The molecule has 0 bridgehead atoms. The second-order valence-electron chi connectivity index (χ2n) is 5.54. The molecule has 124 valence electrons. The average molecular weight is 335 g/mol. The molecule has 1 N–H and O–H groups in total. The van der Waals surface area contributed by atoms with E-state index in [1.807, 2.05) is 26.0 Å². The lowest BCUT2D eigenvalue weighted by molar-refractivity contribution is 0.0118. The van der Waals surface area contributed by atoms with Crippen LogP contribution in [-0.4, -0.2) is 48.6 Å². The fourth-order valence-corrected chi connectivity index (χ4v) is 3.63. The number of carbonyl (C=O) groups excluding carboxylic acids is 1. The first-order chi connectivity index (χ1) is 11.1. The van der Waals surface area contributed by atoms with Gasteiger partial charge in [-0.05, 0) is 26.0 Å². The molecule has 1 amide bonds. The molecule has 1 saturated heterocycles. The molecule has 2 aromatic rings. The number of aromatic nitrogens is 1. The second-order valence-corrected chi connectivity index (χ2v) is 6.74. The molecular formula is C16H21N3O3S. The van der Waals surface area contributed by atoms with Gasteiger partial charge in [0.1, 0.15) is 10.6 Å². The van der Waals surface area contributed by atoms with E-state index in [0.717, 1.165) is 29.6 Å². The predicted octanol–water partition coefficient (Wildman–Crippen LogP) is 2.16. The maximum Gasteiger partial charge on any atom is 0.263 e. The number of amides is 1. The Morgan fingerprint density at radius 1 is 1.43 bits per heavy atom. The van der Waals surface area contributed by atoms with Gasteiger partial charge < -0.3 is 14.5 Å². The number of ether oxygens (including phenoxy) is 1. The largest absolute Gasteiger partial charge is 0.468 e. The van der Waals surface area contributed by atoms with Crippen molar-refractivity contribution in [3.05, 3.63) is 39.7 Å². The summed E-state index contributed by atoms with van der Waals surface area (Å²) in [5, 5.41) is 3.93. The molecule has 2 aromatic heterocycles. The van der Waals surface area contributed by atoms with Gasteiger partial charge in [0.2, 0.25) is 0 Å². The van der Waals surface area contributed by atoms with Crippen LogP contribution in [0.25, 0.3) is 0 Å². The summed E-state index contributed by atoms with van der Waals surface area (Å²) < 4.78 is 11.0. The van der Waals surface area contributed by atoms with Crippen molar-refractivity contribution in [2.24, 2.45) is 0 Å². The molecule has 0 radical (unpaired) electrons. The van der Waals surface area contributed by atoms with Crippen LogP contribution in [0.3, 0.4) is 0 Å². The van der Waals surface area contributed by atoms with Gasteiger partial charge in [0, 0.05) is 19.6 Å². The summed E-state index contributed by atoms with van der Waals surface area (Å²) in [6.45, 7) is 7.36. The minimum absolute atomic E-state index is 0.0205. The Labute approximate surface area is 139 Å². The Kier molecular flexibility index (Phi) is 5.09. The van der Waals surface area contributed by atoms with Gasteiger partial charge in [0.05, 0.1) is 36.2 Å². The summed E-state index contributed by atoms with van der Waals surface area (Å²) >= 11 is 1.43. The highest BCUT2D eigenvalue weighted by atomic mass is 32.1. The van der Waals surface area contributed by atoms with Gasteiger partial charge in [-0.25, -0.2) is 4.98 Å². The van der Waals surface area contributed by atoms with Crippen LogP contribution in [0.1, 0.15) is 32.2 Å². The lowest BCUT2D eigenvalue weighted by Crippen LogP contribution is -2.43. The third-order valence-corrected chi connectivity index (χ3v) is 5.00. The summed E-state index contributed by atoms with van der Waals surface area (Å²) in [4.78, 5) is 19.7. The number of nitrogens with zero attached hydrogens (tertiary/aromatic N) is 2. The number of morpholine rings is 1. The quantitative estimate of drug-likeness (QED) is 0.907. The van der Waals surface area contributed by atoms with Gasteiger partial charge in [-0.3, -0.25) is 9.69 Å². The molecule has 1 atom stereocenters. The van der Waals surface area contributed by atoms with Crippen molar-refractivity contribution in [2.75, 3.05) is 32.8 Å². The standard InChI is InChI=1S/C16H21N3O3S/c1-11-15(23-12(2)18-11)16(20)17-10-13(14-4-3-7-22-14)19-5-8-21-9-6-19/h3-4,7,13H,5-6,8-10H2,1-2H3,(H,17,20). The lowest BCUT2D eigenvalue weighted by atomic mass is 10.1. The van der Waals surface area contributed by atoms with E-state index >= 15 is 0 Å². The number of rotatable bonds is 5. The van der Waals surface area contributed by atoms with Crippen molar-refractivity contribution in [1.29, 1.82) is 0 Å². The molecule has 1 fully saturated rings. The molecule has 7 heteroatoms. The van der Waals surface area contributed by atoms with Crippen molar-refractivity contribution < 1.29 is 13.9 Å². The third kappa shape index (κ3) is 3.80. The summed E-state index contributed by atoms with van der Waals surface area (Å²) in [6.07, 6.45) is 1.67. The van der Waals surface area contributed by atoms with Crippen molar-refractivity contribution >= 4 is 17.2 Å². The van der Waals surface area contributed by atoms with E-state index in [-0.39, 0.29) is 11.9 Å². The van der Waals surface area contributed by atoms with E-state index in [9.17, 15) is 4.79 Å². The average Bonchev–Trinajstić information content (AvgIpc) is 3.18. The Hall–Kier alpha value is -1.70. The van der Waals surface area contributed by atoms with Crippen LogP contribution in [0, 0.1) is 13.8 Å². The molecule has 0 spiro atoms. The number of hydrogen-bond donors (Lipinski definition) is 1. The van der Waals surface area contributed by atoms with Gasteiger partial charge in [0.25, 0.3) is 5.91 Å². The molecule has 0 aromatic carbocycles.